The van der Waals surface area contributed by atoms with Gasteiger partial charge in [0.2, 0.25) is 0 Å². The molecule has 0 spiro atoms. The van der Waals surface area contributed by atoms with Gasteiger partial charge >= 0.3 is 6.18 Å². The first-order valence-electron chi connectivity index (χ1n) is 6.12. The van der Waals surface area contributed by atoms with Crippen molar-refractivity contribution in [3.8, 4) is 6.07 Å². The molecule has 0 saturated carbocycles. The molecule has 0 fully saturated rings. The van der Waals surface area contributed by atoms with E-state index in [1.807, 2.05) is 0 Å². The lowest BCUT2D eigenvalue weighted by Crippen LogP contribution is -2.43. The molecule has 120 valence electrons. The fraction of sp³-hybridized carbons (Fsp3) is 0.615. The highest BCUT2D eigenvalue weighted by molar-refractivity contribution is 7.93. The first-order chi connectivity index (χ1) is 9.50. The summed E-state index contributed by atoms with van der Waals surface area (Å²) in [5.74, 6) is -0.688. The number of hydrogen-bond donors (Lipinski definition) is 0. The van der Waals surface area contributed by atoms with Gasteiger partial charge in [0.05, 0.1) is 11.8 Å². The largest absolute Gasteiger partial charge is 0.389 e. The Morgan fingerprint density at radius 2 is 1.86 bits per heavy atom. The van der Waals surface area contributed by atoms with Crippen molar-refractivity contribution in [2.24, 2.45) is 0 Å². The fourth-order valence-corrected chi connectivity index (χ4v) is 2.68. The van der Waals surface area contributed by atoms with Crippen molar-refractivity contribution in [2.45, 2.75) is 43.8 Å². The Balaban J connectivity index is 4.89. The zero-order valence-corrected chi connectivity index (χ0v) is 12.5. The molecule has 0 saturated heterocycles. The van der Waals surface area contributed by atoms with Crippen molar-refractivity contribution < 1.29 is 26.0 Å². The summed E-state index contributed by atoms with van der Waals surface area (Å²) in [5.41, 5.74) is 0. The number of halogens is 4. The number of rotatable bonds is 7. The van der Waals surface area contributed by atoms with Gasteiger partial charge in [-0.2, -0.15) is 18.4 Å². The molecule has 0 radical (unpaired) electrons. The second kappa shape index (κ2) is 7.59. The van der Waals surface area contributed by atoms with Crippen LogP contribution in [0.1, 0.15) is 26.7 Å². The first-order valence-corrected chi connectivity index (χ1v) is 7.77. The molecule has 2 unspecified atom stereocenters. The Kier molecular flexibility index (Phi) is 7.10. The lowest BCUT2D eigenvalue weighted by Gasteiger charge is -2.23. The highest BCUT2D eigenvalue weighted by Gasteiger charge is 2.45. The monoisotopic (exact) mass is 327 g/mol. The topological polar surface area (TPSA) is 57.9 Å². The van der Waals surface area contributed by atoms with Gasteiger partial charge in [-0.25, -0.2) is 12.8 Å². The third kappa shape index (κ3) is 5.87. The molecule has 0 amide bonds. The summed E-state index contributed by atoms with van der Waals surface area (Å²) in [5, 5.41) is 8.95. The van der Waals surface area contributed by atoms with Crippen molar-refractivity contribution in [2.75, 3.05) is 5.75 Å². The van der Waals surface area contributed by atoms with Gasteiger partial charge in [-0.15, -0.1) is 0 Å². The van der Waals surface area contributed by atoms with Crippen LogP contribution in [0.2, 0.25) is 0 Å². The summed E-state index contributed by atoms with van der Waals surface area (Å²) < 4.78 is 71.2. The Morgan fingerprint density at radius 3 is 2.29 bits per heavy atom. The van der Waals surface area contributed by atoms with E-state index >= 15 is 0 Å². The van der Waals surface area contributed by atoms with Crippen LogP contribution in [0, 0.1) is 11.3 Å². The van der Waals surface area contributed by atoms with Crippen LogP contribution in [0.3, 0.4) is 0 Å². The molecule has 3 nitrogen and oxygen atoms in total. The third-order valence-corrected chi connectivity index (χ3v) is 5.07. The van der Waals surface area contributed by atoms with Crippen LogP contribution in [-0.4, -0.2) is 31.3 Å². The zero-order chi connectivity index (χ0) is 16.7. The number of nitrogens with zero attached hydrogens (tertiary/aromatic N) is 1. The summed E-state index contributed by atoms with van der Waals surface area (Å²) in [6, 6.07) is 1.44. The Hall–Kier alpha value is -1.36. The molecule has 21 heavy (non-hydrogen) atoms. The number of sulfone groups is 1. The number of allylic oxidation sites excluding steroid dienone is 3. The van der Waals surface area contributed by atoms with Crippen LogP contribution in [0.4, 0.5) is 17.6 Å². The average molecular weight is 327 g/mol. The predicted octanol–water partition coefficient (Wildman–Crippen LogP) is 3.50. The smallest absolute Gasteiger partial charge is 0.240 e. The van der Waals surface area contributed by atoms with Gasteiger partial charge < -0.3 is 0 Å². The molecule has 0 aromatic carbocycles. The predicted molar refractivity (Wildman–Crippen MR) is 71.9 cm³/mol. The maximum absolute atomic E-state index is 13.8. The SMILES string of the molecule is CC=CC(F)C(C)(C#N)S(=O)(=O)CC=CCCC(F)(F)F. The fourth-order valence-electron chi connectivity index (χ4n) is 1.39. The number of hydrogen-bond acceptors (Lipinski definition) is 3. The van der Waals surface area contributed by atoms with E-state index in [1.54, 1.807) is 0 Å². The van der Waals surface area contributed by atoms with Gasteiger partial charge in [0.15, 0.2) is 20.8 Å². The summed E-state index contributed by atoms with van der Waals surface area (Å²) in [6.07, 6.45) is -3.45. The lowest BCUT2D eigenvalue weighted by atomic mass is 10.1. The van der Waals surface area contributed by atoms with Gasteiger partial charge in [-0.3, -0.25) is 0 Å². The molecule has 0 aliphatic heterocycles. The Labute approximate surface area is 121 Å². The summed E-state index contributed by atoms with van der Waals surface area (Å²) >= 11 is 0. The van der Waals surface area contributed by atoms with Crippen molar-refractivity contribution in [3.05, 3.63) is 24.3 Å². The molecule has 0 aromatic heterocycles. The molecule has 2 atom stereocenters. The van der Waals surface area contributed by atoms with E-state index in [0.29, 0.717) is 0 Å². The summed E-state index contributed by atoms with van der Waals surface area (Å²) in [7, 11) is -4.16. The van der Waals surface area contributed by atoms with Gasteiger partial charge in [0.25, 0.3) is 0 Å². The molecule has 0 aromatic rings. The quantitative estimate of drug-likeness (QED) is 0.531. The van der Waals surface area contributed by atoms with E-state index in [2.05, 4.69) is 0 Å². The maximum atomic E-state index is 13.8. The molecule has 0 aliphatic rings. The van der Waals surface area contributed by atoms with E-state index in [9.17, 15) is 26.0 Å². The standard InChI is InChI=1S/C13H17F4NO2S/c1-3-7-11(14)12(2,10-18)21(19,20)9-6-4-5-8-13(15,16)17/h3-4,6-7,11H,5,8-9H2,1-2H3. The Morgan fingerprint density at radius 1 is 1.29 bits per heavy atom. The van der Waals surface area contributed by atoms with Gasteiger partial charge in [0.1, 0.15) is 0 Å². The van der Waals surface area contributed by atoms with Gasteiger partial charge in [-0.1, -0.05) is 24.3 Å². The normalized spacial score (nSPS) is 17.8. The van der Waals surface area contributed by atoms with Crippen LogP contribution in [0.25, 0.3) is 0 Å². The first kappa shape index (κ1) is 19.6. The van der Waals surface area contributed by atoms with Crippen LogP contribution < -0.4 is 0 Å². The second-order valence-corrected chi connectivity index (χ2v) is 6.96. The number of nitriles is 1. The minimum Gasteiger partial charge on any atom is -0.240 e. The van der Waals surface area contributed by atoms with Crippen molar-refractivity contribution in [1.29, 1.82) is 5.26 Å². The average Bonchev–Trinajstić information content (AvgIpc) is 2.35. The lowest BCUT2D eigenvalue weighted by molar-refractivity contribution is -0.133. The second-order valence-electron chi connectivity index (χ2n) is 4.55. The van der Waals surface area contributed by atoms with Crippen LogP contribution >= 0.6 is 0 Å². The summed E-state index contributed by atoms with van der Waals surface area (Å²) in [6.45, 7) is 2.44. The van der Waals surface area contributed by atoms with Crippen LogP contribution in [-0.2, 0) is 9.84 Å². The number of alkyl halides is 4. The minimum atomic E-state index is -4.32. The van der Waals surface area contributed by atoms with Crippen LogP contribution in [0.5, 0.6) is 0 Å². The maximum Gasteiger partial charge on any atom is 0.389 e. The van der Waals surface area contributed by atoms with Crippen molar-refractivity contribution in [3.63, 3.8) is 0 Å². The molecular formula is C13H17F4NO2S. The molecule has 8 heteroatoms. The highest BCUT2D eigenvalue weighted by Crippen LogP contribution is 2.26. The Bertz CT molecular complexity index is 531. The molecule has 0 rings (SSSR count). The molecular weight excluding hydrogens is 310 g/mol. The summed E-state index contributed by atoms with van der Waals surface area (Å²) in [4.78, 5) is 0. The van der Waals surface area contributed by atoms with Crippen LogP contribution in [0.15, 0.2) is 24.3 Å². The van der Waals surface area contributed by atoms with Crippen molar-refractivity contribution in [1.82, 2.24) is 0 Å². The van der Waals surface area contributed by atoms with Gasteiger partial charge in [-0.05, 0) is 20.3 Å². The van der Waals surface area contributed by atoms with E-state index in [0.717, 1.165) is 25.2 Å². The van der Waals surface area contributed by atoms with E-state index in [4.69, 9.17) is 5.26 Å². The molecule has 0 bridgehead atoms. The zero-order valence-electron chi connectivity index (χ0n) is 11.7. The van der Waals surface area contributed by atoms with E-state index in [1.165, 1.54) is 19.1 Å². The minimum absolute atomic E-state index is 0.365. The van der Waals surface area contributed by atoms with Crippen molar-refractivity contribution >= 4 is 9.84 Å². The molecule has 0 N–H and O–H groups in total. The van der Waals surface area contributed by atoms with E-state index < -0.39 is 39.1 Å². The van der Waals surface area contributed by atoms with Gasteiger partial charge in [0, 0.05) is 6.42 Å². The molecule has 0 aliphatic carbocycles. The third-order valence-electron chi connectivity index (χ3n) is 2.83. The highest BCUT2D eigenvalue weighted by atomic mass is 32.2. The molecule has 0 heterocycles. The van der Waals surface area contributed by atoms with E-state index in [-0.39, 0.29) is 6.42 Å².